The maximum absolute atomic E-state index is 10.1. The fourth-order valence-electron chi connectivity index (χ4n) is 8.44. The first-order valence-electron chi connectivity index (χ1n) is 10.5. The highest BCUT2D eigenvalue weighted by atomic mass is 16.3. The number of aliphatic hydroxyl groups excluding tert-OH is 1. The van der Waals surface area contributed by atoms with E-state index in [9.17, 15) is 5.11 Å². The average molecular weight is 330 g/mol. The summed E-state index contributed by atoms with van der Waals surface area (Å²) in [7, 11) is 2.36. The fraction of sp³-hybridized carbons (Fsp3) is 0.909. The lowest BCUT2D eigenvalue weighted by Crippen LogP contribution is -2.51. The van der Waals surface area contributed by atoms with Gasteiger partial charge in [-0.05, 0) is 99.8 Å². The molecule has 4 aliphatic carbocycles. The van der Waals surface area contributed by atoms with Crippen molar-refractivity contribution in [2.75, 3.05) is 13.6 Å². The molecule has 134 valence electrons. The second kappa shape index (κ2) is 5.10. The number of fused-ring (bicyclic) bond motifs is 4. The molecule has 1 heterocycles. The maximum Gasteiger partial charge on any atom is 0.0577 e. The van der Waals surface area contributed by atoms with Gasteiger partial charge in [0.2, 0.25) is 0 Å². The zero-order chi connectivity index (χ0) is 16.7. The number of hydrogen-bond donors (Lipinski definition) is 1. The van der Waals surface area contributed by atoms with Gasteiger partial charge < -0.3 is 10.0 Å². The summed E-state index contributed by atoms with van der Waals surface area (Å²) in [4.78, 5) is 2.67. The van der Waals surface area contributed by atoms with Crippen LogP contribution in [0.15, 0.2) is 11.6 Å². The Kier molecular flexibility index (Phi) is 3.37. The summed E-state index contributed by atoms with van der Waals surface area (Å²) in [5, 5.41) is 10.1. The molecule has 1 saturated heterocycles. The normalized spacial score (nSPS) is 56.9. The minimum atomic E-state index is -0.0731. The molecule has 0 radical (unpaired) electrons. The first-order chi connectivity index (χ1) is 11.5. The summed E-state index contributed by atoms with van der Waals surface area (Å²) in [5.41, 5.74) is 2.66. The number of likely N-dealkylation sites (tertiary alicyclic amines) is 1. The molecule has 0 unspecified atom stereocenters. The summed E-state index contributed by atoms with van der Waals surface area (Å²) >= 11 is 0. The van der Waals surface area contributed by atoms with Crippen LogP contribution < -0.4 is 0 Å². The average Bonchev–Trinajstić information content (AvgIpc) is 3.03. The first kappa shape index (κ1) is 15.9. The summed E-state index contributed by atoms with van der Waals surface area (Å²) < 4.78 is 0. The SMILES string of the molecule is C[C@H]1[C@H]2CC[C@H]3[C@@H]4CC=C5C[C@@H](O)CC[C@]5(C)[C@H]4CC[C@]23CN1C. The van der Waals surface area contributed by atoms with Crippen LogP contribution in [-0.4, -0.2) is 35.7 Å². The van der Waals surface area contributed by atoms with Crippen LogP contribution in [0.5, 0.6) is 0 Å². The van der Waals surface area contributed by atoms with E-state index in [4.69, 9.17) is 0 Å². The van der Waals surface area contributed by atoms with E-state index in [0.717, 1.165) is 42.6 Å². The predicted octanol–water partition coefficient (Wildman–Crippen LogP) is 4.24. The van der Waals surface area contributed by atoms with Crippen molar-refractivity contribution in [2.24, 2.45) is 34.5 Å². The van der Waals surface area contributed by atoms with Gasteiger partial charge in [-0.1, -0.05) is 18.6 Å². The lowest BCUT2D eigenvalue weighted by atomic mass is 9.47. The molecule has 1 aliphatic heterocycles. The summed E-state index contributed by atoms with van der Waals surface area (Å²) in [6.45, 7) is 6.39. The van der Waals surface area contributed by atoms with Crippen LogP contribution in [0.2, 0.25) is 0 Å². The minimum Gasteiger partial charge on any atom is -0.393 e. The number of aliphatic hydroxyl groups is 1. The summed E-state index contributed by atoms with van der Waals surface area (Å²) in [6.07, 6.45) is 12.9. The zero-order valence-electron chi connectivity index (χ0n) is 15.8. The van der Waals surface area contributed by atoms with Crippen LogP contribution in [0.4, 0.5) is 0 Å². The third kappa shape index (κ3) is 1.85. The Labute approximate surface area is 147 Å². The van der Waals surface area contributed by atoms with Crippen molar-refractivity contribution in [3.05, 3.63) is 11.6 Å². The van der Waals surface area contributed by atoms with Crippen molar-refractivity contribution in [1.29, 1.82) is 0 Å². The highest BCUT2D eigenvalue weighted by molar-refractivity contribution is 5.26. The van der Waals surface area contributed by atoms with Gasteiger partial charge in [0.15, 0.2) is 0 Å². The van der Waals surface area contributed by atoms with Gasteiger partial charge in [-0.3, -0.25) is 0 Å². The summed E-state index contributed by atoms with van der Waals surface area (Å²) in [5.74, 6) is 3.74. The largest absolute Gasteiger partial charge is 0.393 e. The topological polar surface area (TPSA) is 23.5 Å². The Balaban J connectivity index is 1.49. The third-order valence-corrected chi connectivity index (χ3v) is 9.68. The highest BCUT2D eigenvalue weighted by Crippen LogP contribution is 2.68. The van der Waals surface area contributed by atoms with E-state index in [1.54, 1.807) is 5.57 Å². The zero-order valence-corrected chi connectivity index (χ0v) is 15.8. The van der Waals surface area contributed by atoms with E-state index in [0.29, 0.717) is 10.8 Å². The minimum absolute atomic E-state index is 0.0731. The monoisotopic (exact) mass is 329 g/mol. The molecule has 24 heavy (non-hydrogen) atoms. The van der Waals surface area contributed by atoms with Crippen LogP contribution in [0.25, 0.3) is 0 Å². The van der Waals surface area contributed by atoms with Gasteiger partial charge in [0.05, 0.1) is 6.10 Å². The molecule has 8 atom stereocenters. The van der Waals surface area contributed by atoms with E-state index >= 15 is 0 Å². The molecule has 5 aliphatic rings. The van der Waals surface area contributed by atoms with E-state index in [2.05, 4.69) is 31.9 Å². The van der Waals surface area contributed by atoms with Gasteiger partial charge in [-0.25, -0.2) is 0 Å². The van der Waals surface area contributed by atoms with E-state index in [-0.39, 0.29) is 6.10 Å². The van der Waals surface area contributed by atoms with Crippen molar-refractivity contribution >= 4 is 0 Å². The van der Waals surface area contributed by atoms with E-state index in [1.807, 2.05) is 0 Å². The van der Waals surface area contributed by atoms with Crippen LogP contribution in [0.1, 0.15) is 65.2 Å². The molecule has 1 N–H and O–H groups in total. The Morgan fingerprint density at radius 2 is 1.88 bits per heavy atom. The molecular weight excluding hydrogens is 294 g/mol. The van der Waals surface area contributed by atoms with Crippen molar-refractivity contribution in [2.45, 2.75) is 77.4 Å². The van der Waals surface area contributed by atoms with Gasteiger partial charge in [-0.15, -0.1) is 0 Å². The molecule has 2 heteroatoms. The number of nitrogens with zero attached hydrogens (tertiary/aromatic N) is 1. The molecule has 0 aromatic heterocycles. The molecule has 3 saturated carbocycles. The molecule has 0 amide bonds. The molecular formula is C22H35NO. The molecule has 0 aromatic rings. The van der Waals surface area contributed by atoms with Crippen molar-refractivity contribution in [3.8, 4) is 0 Å². The van der Waals surface area contributed by atoms with Gasteiger partial charge in [0.25, 0.3) is 0 Å². The summed E-state index contributed by atoms with van der Waals surface area (Å²) in [6, 6.07) is 0.793. The van der Waals surface area contributed by atoms with Crippen molar-refractivity contribution in [3.63, 3.8) is 0 Å². The number of rotatable bonds is 0. The second-order valence-corrected chi connectivity index (χ2v) is 10.3. The quantitative estimate of drug-likeness (QED) is 0.672. The molecule has 0 bridgehead atoms. The lowest BCUT2D eigenvalue weighted by Gasteiger charge is -2.58. The Morgan fingerprint density at radius 1 is 1.08 bits per heavy atom. The van der Waals surface area contributed by atoms with Crippen LogP contribution >= 0.6 is 0 Å². The van der Waals surface area contributed by atoms with Gasteiger partial charge in [0, 0.05) is 12.6 Å². The first-order valence-corrected chi connectivity index (χ1v) is 10.5. The van der Waals surface area contributed by atoms with Crippen LogP contribution in [-0.2, 0) is 0 Å². The molecule has 0 aromatic carbocycles. The Bertz CT molecular complexity index is 570. The standard InChI is InChI=1S/C22H35NO/c1-14-18-6-7-20-17-5-4-15-12-16(24)8-10-21(15,2)19(17)9-11-22(18,20)13-23(14)3/h4,14,16-20,24H,5-13H2,1-3H3/t14-,16-,17+,18+,19-,20-,21-,22-/m0/s1. The Morgan fingerprint density at radius 3 is 2.71 bits per heavy atom. The van der Waals surface area contributed by atoms with Gasteiger partial charge >= 0.3 is 0 Å². The highest BCUT2D eigenvalue weighted by Gasteiger charge is 2.63. The van der Waals surface area contributed by atoms with Crippen molar-refractivity contribution < 1.29 is 5.11 Å². The maximum atomic E-state index is 10.1. The van der Waals surface area contributed by atoms with Crippen molar-refractivity contribution in [1.82, 2.24) is 4.90 Å². The fourth-order valence-corrected chi connectivity index (χ4v) is 8.44. The smallest absolute Gasteiger partial charge is 0.0577 e. The van der Waals surface area contributed by atoms with Gasteiger partial charge in [-0.2, -0.15) is 0 Å². The van der Waals surface area contributed by atoms with Crippen LogP contribution in [0.3, 0.4) is 0 Å². The Hall–Kier alpha value is -0.340. The lowest BCUT2D eigenvalue weighted by molar-refractivity contribution is -0.0477. The number of hydrogen-bond acceptors (Lipinski definition) is 2. The molecule has 4 fully saturated rings. The van der Waals surface area contributed by atoms with E-state index in [1.165, 1.54) is 45.1 Å². The van der Waals surface area contributed by atoms with E-state index < -0.39 is 0 Å². The molecule has 5 rings (SSSR count). The third-order valence-electron chi connectivity index (χ3n) is 9.68. The van der Waals surface area contributed by atoms with Crippen LogP contribution in [0, 0.1) is 34.5 Å². The molecule has 1 spiro atoms. The second-order valence-electron chi connectivity index (χ2n) is 10.3. The van der Waals surface area contributed by atoms with Gasteiger partial charge in [0.1, 0.15) is 0 Å². The molecule has 2 nitrogen and oxygen atoms in total. The number of allylic oxidation sites excluding steroid dienone is 1. The predicted molar refractivity (Wildman–Crippen MR) is 97.6 cm³/mol.